The number of ether oxygens (including phenoxy) is 1. The maximum absolute atomic E-state index is 15.2. The molecule has 0 spiro atoms. The summed E-state index contributed by atoms with van der Waals surface area (Å²) in [7, 11) is 0. The number of halogens is 1. The van der Waals surface area contributed by atoms with E-state index in [0.29, 0.717) is 28.8 Å². The highest BCUT2D eigenvalue weighted by Gasteiger charge is 2.27. The summed E-state index contributed by atoms with van der Waals surface area (Å²) in [5, 5.41) is 6.95. The first-order chi connectivity index (χ1) is 18.6. The van der Waals surface area contributed by atoms with Gasteiger partial charge in [0.2, 0.25) is 0 Å². The number of aryl methyl sites for hydroxylation is 1. The summed E-state index contributed by atoms with van der Waals surface area (Å²) in [5.74, 6) is -0.410. The van der Waals surface area contributed by atoms with Crippen LogP contribution in [0, 0.1) is 12.7 Å². The minimum Gasteiger partial charge on any atom is -0.357 e. The van der Waals surface area contributed by atoms with Crippen LogP contribution in [0.25, 0.3) is 49.5 Å². The minimum atomic E-state index is -0.410. The Morgan fingerprint density at radius 1 is 1.05 bits per heavy atom. The molecule has 1 N–H and O–H groups in total. The number of fused-ring (bicyclic) bond motifs is 4. The van der Waals surface area contributed by atoms with E-state index in [0.717, 1.165) is 46.7 Å². The molecule has 6 aromatic rings. The fraction of sp³-hybridized carbons (Fsp3) is 0.200. The van der Waals surface area contributed by atoms with Crippen molar-refractivity contribution >= 4 is 32.7 Å². The Bertz CT molecular complexity index is 1910. The van der Waals surface area contributed by atoms with Gasteiger partial charge in [-0.15, -0.1) is 0 Å². The van der Waals surface area contributed by atoms with Gasteiger partial charge in [0.25, 0.3) is 5.69 Å². The molecule has 1 saturated heterocycles. The predicted octanol–water partition coefficient (Wildman–Crippen LogP) is 5.52. The van der Waals surface area contributed by atoms with Crippen molar-refractivity contribution in [3.63, 3.8) is 0 Å². The molecule has 38 heavy (non-hydrogen) atoms. The van der Waals surface area contributed by atoms with Gasteiger partial charge >= 0.3 is 5.56 Å². The van der Waals surface area contributed by atoms with Gasteiger partial charge in [-0.1, -0.05) is 12.1 Å². The molecular weight excluding hydrogens is 481 g/mol. The molecule has 0 bridgehead atoms. The van der Waals surface area contributed by atoms with Crippen molar-refractivity contribution in [1.29, 1.82) is 0 Å². The Morgan fingerprint density at radius 2 is 1.92 bits per heavy atom. The Kier molecular flexibility index (Phi) is 5.30. The fourth-order valence-corrected chi connectivity index (χ4v) is 5.62. The SMILES string of the molecule is Cc1cc2c(-c3ccc(F)c4nn(C5CCCCO5)cc34)c(-[n+]3ccccc3)c(=O)[nH]c2c2cccnc12. The van der Waals surface area contributed by atoms with E-state index < -0.39 is 5.82 Å². The van der Waals surface area contributed by atoms with Crippen LogP contribution in [0.3, 0.4) is 0 Å². The molecule has 1 unspecified atom stereocenters. The molecule has 188 valence electrons. The largest absolute Gasteiger partial charge is 0.357 e. The van der Waals surface area contributed by atoms with Crippen molar-refractivity contribution in [3.8, 4) is 16.8 Å². The summed E-state index contributed by atoms with van der Waals surface area (Å²) in [6, 6.07) is 14.7. The molecule has 8 heteroatoms. The standard InChI is InChI=1S/C30H24FN5O2/c1-18-16-21-25(19-10-11-23(31)28-22(19)17-36(34-28)24-9-3-6-15-38-24)29(35-13-4-2-5-14-35)30(37)33-27(21)20-8-7-12-32-26(18)20/h2,4-5,7-8,10-14,16-17,24H,3,6,9,15H2,1H3/p+1. The molecule has 1 fully saturated rings. The number of rotatable bonds is 3. The van der Waals surface area contributed by atoms with Gasteiger partial charge in [-0.05, 0) is 56.0 Å². The maximum atomic E-state index is 15.2. The van der Waals surface area contributed by atoms with E-state index in [1.54, 1.807) is 21.5 Å². The molecule has 5 heterocycles. The molecule has 0 radical (unpaired) electrons. The lowest BCUT2D eigenvalue weighted by Gasteiger charge is -2.22. The summed E-state index contributed by atoms with van der Waals surface area (Å²) < 4.78 is 24.6. The molecule has 4 aromatic heterocycles. The van der Waals surface area contributed by atoms with Crippen molar-refractivity contribution < 1.29 is 13.7 Å². The molecule has 0 amide bonds. The summed E-state index contributed by atoms with van der Waals surface area (Å²) in [6.45, 7) is 2.67. The molecule has 7 nitrogen and oxygen atoms in total. The van der Waals surface area contributed by atoms with Gasteiger partial charge in [-0.3, -0.25) is 9.78 Å². The first-order valence-electron chi connectivity index (χ1n) is 12.8. The molecule has 1 atom stereocenters. The van der Waals surface area contributed by atoms with Crippen LogP contribution in [0.5, 0.6) is 0 Å². The zero-order valence-electron chi connectivity index (χ0n) is 20.8. The number of nitrogens with zero attached hydrogens (tertiary/aromatic N) is 4. The van der Waals surface area contributed by atoms with E-state index in [9.17, 15) is 4.79 Å². The van der Waals surface area contributed by atoms with Crippen LogP contribution in [-0.4, -0.2) is 26.4 Å². The third-order valence-corrected chi connectivity index (χ3v) is 7.38. The number of pyridine rings is 3. The van der Waals surface area contributed by atoms with Crippen LogP contribution in [-0.2, 0) is 4.74 Å². The Labute approximate surface area is 217 Å². The molecule has 1 aliphatic rings. The van der Waals surface area contributed by atoms with Crippen LogP contribution in [0.1, 0.15) is 31.1 Å². The topological polar surface area (TPSA) is 76.7 Å². The lowest BCUT2D eigenvalue weighted by atomic mass is 9.93. The van der Waals surface area contributed by atoms with Gasteiger partial charge in [0.1, 0.15) is 11.7 Å². The summed E-state index contributed by atoms with van der Waals surface area (Å²) in [4.78, 5) is 21.5. The number of aromatic nitrogens is 5. The number of H-pyrrole nitrogens is 1. The fourth-order valence-electron chi connectivity index (χ4n) is 5.62. The molecule has 1 aliphatic heterocycles. The lowest BCUT2D eigenvalue weighted by molar-refractivity contribution is -0.596. The highest BCUT2D eigenvalue weighted by atomic mass is 19.1. The van der Waals surface area contributed by atoms with E-state index in [-0.39, 0.29) is 17.3 Å². The first-order valence-corrected chi connectivity index (χ1v) is 12.8. The molecule has 7 rings (SSSR count). The van der Waals surface area contributed by atoms with Crippen LogP contribution >= 0.6 is 0 Å². The van der Waals surface area contributed by atoms with Gasteiger partial charge in [-0.25, -0.2) is 9.07 Å². The highest BCUT2D eigenvalue weighted by molar-refractivity contribution is 6.13. The Hall–Kier alpha value is -4.43. The summed E-state index contributed by atoms with van der Waals surface area (Å²) in [5.41, 5.74) is 4.40. The van der Waals surface area contributed by atoms with Crippen molar-refractivity contribution in [2.24, 2.45) is 0 Å². The second-order valence-corrected chi connectivity index (χ2v) is 9.76. The van der Waals surface area contributed by atoms with Crippen molar-refractivity contribution in [2.75, 3.05) is 6.61 Å². The van der Waals surface area contributed by atoms with E-state index in [1.165, 1.54) is 6.07 Å². The molecule has 0 saturated carbocycles. The van der Waals surface area contributed by atoms with E-state index in [2.05, 4.69) is 15.1 Å². The van der Waals surface area contributed by atoms with Crippen molar-refractivity contribution in [1.82, 2.24) is 19.7 Å². The quantitative estimate of drug-likeness (QED) is 0.253. The average molecular weight is 507 g/mol. The number of aromatic amines is 1. The predicted molar refractivity (Wildman–Crippen MR) is 144 cm³/mol. The Balaban J connectivity index is 1.62. The zero-order valence-corrected chi connectivity index (χ0v) is 20.8. The van der Waals surface area contributed by atoms with Gasteiger partial charge in [0, 0.05) is 52.9 Å². The van der Waals surface area contributed by atoms with Crippen LogP contribution < -0.4 is 10.1 Å². The summed E-state index contributed by atoms with van der Waals surface area (Å²) in [6.07, 6.45) is 9.91. The number of hydrogen-bond acceptors (Lipinski definition) is 4. The van der Waals surface area contributed by atoms with Gasteiger partial charge < -0.3 is 9.72 Å². The van der Waals surface area contributed by atoms with E-state index >= 15 is 4.39 Å². The monoisotopic (exact) mass is 506 g/mol. The van der Waals surface area contributed by atoms with Gasteiger partial charge in [-0.2, -0.15) is 9.67 Å². The third kappa shape index (κ3) is 3.52. The van der Waals surface area contributed by atoms with Crippen molar-refractivity contribution in [2.45, 2.75) is 32.4 Å². The van der Waals surface area contributed by atoms with Crippen molar-refractivity contribution in [3.05, 3.63) is 95.1 Å². The highest BCUT2D eigenvalue weighted by Crippen LogP contribution is 2.39. The van der Waals surface area contributed by atoms with Gasteiger partial charge in [0.15, 0.2) is 18.2 Å². The minimum absolute atomic E-state index is 0.237. The van der Waals surface area contributed by atoms with Crippen LogP contribution in [0.15, 0.2) is 78.1 Å². The average Bonchev–Trinajstić information content (AvgIpc) is 3.41. The number of hydrogen-bond donors (Lipinski definition) is 1. The smallest absolute Gasteiger partial charge is 0.321 e. The second kappa shape index (κ2) is 8.85. The van der Waals surface area contributed by atoms with Gasteiger partial charge in [0.05, 0.1) is 16.6 Å². The first kappa shape index (κ1) is 22.7. The van der Waals surface area contributed by atoms with E-state index in [1.807, 2.05) is 61.9 Å². The third-order valence-electron chi connectivity index (χ3n) is 7.38. The van der Waals surface area contributed by atoms with Crippen LogP contribution in [0.4, 0.5) is 4.39 Å². The summed E-state index contributed by atoms with van der Waals surface area (Å²) >= 11 is 0. The Morgan fingerprint density at radius 3 is 2.74 bits per heavy atom. The lowest BCUT2D eigenvalue weighted by Crippen LogP contribution is -2.37. The normalized spacial score (nSPS) is 16.0. The second-order valence-electron chi connectivity index (χ2n) is 9.76. The number of benzene rings is 2. The molecule has 2 aromatic carbocycles. The van der Waals surface area contributed by atoms with E-state index in [4.69, 9.17) is 4.74 Å². The maximum Gasteiger partial charge on any atom is 0.321 e. The molecular formula is C30H25FN5O2+. The number of nitrogens with one attached hydrogen (secondary N) is 1. The zero-order chi connectivity index (χ0) is 25.8. The van der Waals surface area contributed by atoms with Crippen LogP contribution in [0.2, 0.25) is 0 Å². The molecule has 0 aliphatic carbocycles.